The molecule has 0 aliphatic carbocycles. The number of fused-ring (bicyclic) bond motifs is 1. The maximum Gasteiger partial charge on any atom is 0.294 e. The Morgan fingerprint density at radius 1 is 1.00 bits per heavy atom. The average molecular weight is 615 g/mol. The van der Waals surface area contributed by atoms with E-state index in [9.17, 15) is 9.59 Å². The van der Waals surface area contributed by atoms with Crippen LogP contribution in [0.3, 0.4) is 0 Å². The highest BCUT2D eigenvalue weighted by molar-refractivity contribution is 5.86. The molecule has 0 spiro atoms. The molecule has 1 aliphatic rings. The van der Waals surface area contributed by atoms with Gasteiger partial charge in [0.25, 0.3) is 5.56 Å². The summed E-state index contributed by atoms with van der Waals surface area (Å²) in [6.07, 6.45) is 3.75. The molecule has 1 aliphatic heterocycles. The maximum absolute atomic E-state index is 13.4. The number of nitrogens with one attached hydrogen (secondary N) is 2. The normalized spacial score (nSPS) is 10.8. The first-order valence-electron chi connectivity index (χ1n) is 12.1. The summed E-state index contributed by atoms with van der Waals surface area (Å²) >= 11 is 0. The fraction of sp³-hybridized carbons (Fsp3) is 0.308. The molecule has 3 aromatic rings. The summed E-state index contributed by atoms with van der Waals surface area (Å²) in [5, 5.41) is 5.97. The lowest BCUT2D eigenvalue weighted by atomic mass is 10.1. The number of unbranched alkanes of at least 4 members (excludes halogenated alkanes) is 1. The first-order valence-corrected chi connectivity index (χ1v) is 12.1. The van der Waals surface area contributed by atoms with E-state index in [-0.39, 0.29) is 73.8 Å². The van der Waals surface area contributed by atoms with Gasteiger partial charge in [0, 0.05) is 25.2 Å². The lowest BCUT2D eigenvalue weighted by molar-refractivity contribution is -0.121. The predicted octanol–water partition coefficient (Wildman–Crippen LogP) is 2.73. The molecule has 0 unspecified atom stereocenters. The largest absolute Gasteiger partial charge is 0.454 e. The number of hydrogen-bond donors (Lipinski definition) is 4. The van der Waals surface area contributed by atoms with Gasteiger partial charge in [0.05, 0.1) is 11.9 Å². The van der Waals surface area contributed by atoms with Crippen molar-refractivity contribution in [3.63, 3.8) is 0 Å². The number of carbonyl (C=O) groups is 1. The fourth-order valence-corrected chi connectivity index (χ4v) is 3.89. The number of aromatic nitrogens is 2. The topological polar surface area (TPSA) is 159 Å². The van der Waals surface area contributed by atoms with E-state index in [1.807, 2.05) is 36.4 Å². The number of halogens is 3. The summed E-state index contributed by atoms with van der Waals surface area (Å²) in [7, 11) is 0. The van der Waals surface area contributed by atoms with Crippen LogP contribution in [-0.2, 0) is 17.8 Å². The minimum Gasteiger partial charge on any atom is -0.454 e. The highest BCUT2D eigenvalue weighted by Crippen LogP contribution is 2.35. The van der Waals surface area contributed by atoms with Gasteiger partial charge in [0.1, 0.15) is 6.54 Å². The standard InChI is InChI=1S/C26H31N7O4.3ClH/c27-26(28)31-12-5-4-11-29-23(34)16-33-20(19-8-9-21-22(14-19)37-17-36-21)15-32-24(25(33)35)30-13-10-18-6-2-1-3-7-18;;;/h1-3,6-9,14-15H,4-5,10-13,16-17H2,(H,29,34)(H,30,32)(H4,27,28,31);3*1H. The Labute approximate surface area is 251 Å². The average Bonchev–Trinajstić information content (AvgIpc) is 3.37. The molecule has 4 rings (SSSR count). The van der Waals surface area contributed by atoms with Crippen LogP contribution < -0.4 is 37.1 Å². The molecule has 0 bridgehead atoms. The second-order valence-corrected chi connectivity index (χ2v) is 8.48. The summed E-state index contributed by atoms with van der Waals surface area (Å²) in [5.41, 5.74) is 12.6. The Balaban J connectivity index is 0.00000267. The molecule has 1 aromatic heterocycles. The van der Waals surface area contributed by atoms with Crippen molar-refractivity contribution < 1.29 is 14.3 Å². The summed E-state index contributed by atoms with van der Waals surface area (Å²) < 4.78 is 12.3. The number of carbonyl (C=O) groups excluding carboxylic acids is 1. The minimum atomic E-state index is -0.383. The monoisotopic (exact) mass is 613 g/mol. The fourth-order valence-electron chi connectivity index (χ4n) is 3.89. The van der Waals surface area contributed by atoms with Crippen molar-refractivity contribution in [2.24, 2.45) is 16.5 Å². The van der Waals surface area contributed by atoms with E-state index < -0.39 is 0 Å². The first-order chi connectivity index (χ1) is 18.0. The summed E-state index contributed by atoms with van der Waals surface area (Å²) in [4.78, 5) is 34.5. The van der Waals surface area contributed by atoms with Gasteiger partial charge in [-0.1, -0.05) is 30.3 Å². The van der Waals surface area contributed by atoms with Crippen LogP contribution in [0.4, 0.5) is 5.82 Å². The third kappa shape index (κ3) is 9.51. The van der Waals surface area contributed by atoms with Gasteiger partial charge >= 0.3 is 0 Å². The molecule has 14 heteroatoms. The predicted molar refractivity (Wildman–Crippen MR) is 163 cm³/mol. The molecular formula is C26H34Cl3N7O4. The quantitative estimate of drug-likeness (QED) is 0.138. The van der Waals surface area contributed by atoms with Crippen LogP contribution >= 0.6 is 37.2 Å². The van der Waals surface area contributed by atoms with Crippen molar-refractivity contribution >= 4 is 54.9 Å². The van der Waals surface area contributed by atoms with Crippen LogP contribution in [0.25, 0.3) is 11.3 Å². The van der Waals surface area contributed by atoms with Gasteiger partial charge in [-0.25, -0.2) is 4.98 Å². The highest BCUT2D eigenvalue weighted by Gasteiger charge is 2.18. The van der Waals surface area contributed by atoms with E-state index >= 15 is 0 Å². The molecule has 0 fully saturated rings. The van der Waals surface area contributed by atoms with Crippen molar-refractivity contribution in [1.82, 2.24) is 14.9 Å². The van der Waals surface area contributed by atoms with E-state index in [0.29, 0.717) is 48.8 Å². The smallest absolute Gasteiger partial charge is 0.294 e. The Kier molecular flexibility index (Phi) is 14.7. The minimum absolute atomic E-state index is 0. The van der Waals surface area contributed by atoms with E-state index in [1.54, 1.807) is 18.3 Å². The molecule has 0 saturated heterocycles. The zero-order valence-corrected chi connectivity index (χ0v) is 24.2. The molecular weight excluding hydrogens is 581 g/mol. The summed E-state index contributed by atoms with van der Waals surface area (Å²) in [6, 6.07) is 15.3. The molecule has 6 N–H and O–H groups in total. The van der Waals surface area contributed by atoms with E-state index in [4.69, 9.17) is 20.9 Å². The summed E-state index contributed by atoms with van der Waals surface area (Å²) in [5.74, 6) is 1.15. The zero-order valence-electron chi connectivity index (χ0n) is 21.7. The molecule has 0 saturated carbocycles. The van der Waals surface area contributed by atoms with Crippen LogP contribution in [0.5, 0.6) is 11.5 Å². The SMILES string of the molecule is Cl.Cl.Cl.NC(N)=NCCCCNC(=O)Cn1c(-c2ccc3c(c2)OCO3)cnc(NCCc2ccccc2)c1=O. The number of rotatable bonds is 12. The Morgan fingerprint density at radius 2 is 1.75 bits per heavy atom. The van der Waals surface area contributed by atoms with Gasteiger partial charge in [-0.2, -0.15) is 0 Å². The number of hydrogen-bond acceptors (Lipinski definition) is 7. The molecule has 0 atom stereocenters. The van der Waals surface area contributed by atoms with Crippen LogP contribution in [0.15, 0.2) is 64.5 Å². The van der Waals surface area contributed by atoms with Crippen LogP contribution in [0.1, 0.15) is 18.4 Å². The lowest BCUT2D eigenvalue weighted by Crippen LogP contribution is -2.35. The summed E-state index contributed by atoms with van der Waals surface area (Å²) in [6.45, 7) is 1.44. The number of nitrogens with two attached hydrogens (primary N) is 2. The van der Waals surface area contributed by atoms with Crippen molar-refractivity contribution in [3.05, 3.63) is 70.6 Å². The van der Waals surface area contributed by atoms with Gasteiger partial charge in [-0.3, -0.25) is 19.1 Å². The Morgan fingerprint density at radius 3 is 2.50 bits per heavy atom. The number of ether oxygens (including phenoxy) is 2. The number of benzene rings is 2. The third-order valence-electron chi connectivity index (χ3n) is 5.77. The van der Waals surface area contributed by atoms with Crippen molar-refractivity contribution in [2.75, 3.05) is 31.7 Å². The van der Waals surface area contributed by atoms with Crippen LogP contribution in [0.2, 0.25) is 0 Å². The van der Waals surface area contributed by atoms with E-state index in [1.165, 1.54) is 4.57 Å². The second-order valence-electron chi connectivity index (χ2n) is 8.48. The maximum atomic E-state index is 13.4. The Hall–Kier alpha value is -3.67. The number of amides is 1. The molecule has 0 radical (unpaired) electrons. The molecule has 2 heterocycles. The van der Waals surface area contributed by atoms with Gasteiger partial charge in [0.15, 0.2) is 23.3 Å². The van der Waals surface area contributed by atoms with Crippen LogP contribution in [0, 0.1) is 0 Å². The van der Waals surface area contributed by atoms with Gasteiger partial charge in [-0.05, 0) is 43.0 Å². The highest BCUT2D eigenvalue weighted by atomic mass is 35.5. The van der Waals surface area contributed by atoms with Crippen molar-refractivity contribution in [1.29, 1.82) is 0 Å². The first kappa shape index (κ1) is 34.4. The van der Waals surface area contributed by atoms with E-state index in [2.05, 4.69) is 20.6 Å². The number of aliphatic imine (C=N–C) groups is 1. The lowest BCUT2D eigenvalue weighted by Gasteiger charge is -2.15. The molecule has 218 valence electrons. The van der Waals surface area contributed by atoms with Gasteiger partial charge < -0.3 is 31.6 Å². The molecule has 2 aromatic carbocycles. The van der Waals surface area contributed by atoms with Crippen LogP contribution in [-0.4, -0.2) is 47.8 Å². The van der Waals surface area contributed by atoms with Gasteiger partial charge in [-0.15, -0.1) is 37.2 Å². The van der Waals surface area contributed by atoms with Crippen molar-refractivity contribution in [2.45, 2.75) is 25.8 Å². The second kappa shape index (κ2) is 17.1. The van der Waals surface area contributed by atoms with E-state index in [0.717, 1.165) is 18.4 Å². The molecule has 1 amide bonds. The number of guanidine groups is 1. The third-order valence-corrected chi connectivity index (χ3v) is 5.77. The Bertz CT molecular complexity index is 1320. The number of anilines is 1. The van der Waals surface area contributed by atoms with Crippen molar-refractivity contribution in [3.8, 4) is 22.8 Å². The number of nitrogens with zero attached hydrogens (tertiary/aromatic N) is 3. The molecule has 11 nitrogen and oxygen atoms in total. The molecule has 40 heavy (non-hydrogen) atoms. The van der Waals surface area contributed by atoms with Gasteiger partial charge in [0.2, 0.25) is 12.7 Å². The zero-order chi connectivity index (χ0) is 26.0.